The molecule has 5 heteroatoms. The molecule has 0 spiro atoms. The molecule has 0 atom stereocenters. The van der Waals surface area contributed by atoms with Gasteiger partial charge in [0.2, 0.25) is 0 Å². The number of furan rings is 1. The van der Waals surface area contributed by atoms with Crippen molar-refractivity contribution in [1.82, 2.24) is 9.55 Å². The lowest BCUT2D eigenvalue weighted by molar-refractivity contribution is 0.628. The lowest BCUT2D eigenvalue weighted by Crippen LogP contribution is -2.18. The van der Waals surface area contributed by atoms with E-state index in [4.69, 9.17) is 9.40 Å². The van der Waals surface area contributed by atoms with Crippen LogP contribution in [0.5, 0.6) is 0 Å². The van der Waals surface area contributed by atoms with E-state index in [2.05, 4.69) is 32.0 Å². The Morgan fingerprint density at radius 3 is 2.16 bits per heavy atom. The van der Waals surface area contributed by atoms with E-state index in [1.54, 1.807) is 12.1 Å². The Labute approximate surface area is 259 Å². The number of imidazole rings is 1. The number of benzene rings is 6. The van der Waals surface area contributed by atoms with Crippen LogP contribution in [0.3, 0.4) is 0 Å². The Balaban J connectivity index is 1.36. The lowest BCUT2D eigenvalue weighted by atomic mass is 9.78. The maximum absolute atomic E-state index is 15.6. The molecule has 0 radical (unpaired) electrons. The predicted molar refractivity (Wildman–Crippen MR) is 178 cm³/mol. The van der Waals surface area contributed by atoms with Crippen molar-refractivity contribution in [2.75, 3.05) is 0 Å². The predicted octanol–water partition coefficient (Wildman–Crippen LogP) is 10.9. The highest BCUT2D eigenvalue weighted by Crippen LogP contribution is 2.41. The average Bonchev–Trinajstić information content (AvgIpc) is 3.65. The molecule has 0 aliphatic carbocycles. The summed E-state index contributed by atoms with van der Waals surface area (Å²) < 4.78 is 39.3. The number of halogens is 2. The van der Waals surface area contributed by atoms with Gasteiger partial charge in [-0.3, -0.25) is 4.57 Å². The molecule has 3 nitrogen and oxygen atoms in total. The molecule has 0 fully saturated rings. The number of para-hydroxylation sites is 2. The van der Waals surface area contributed by atoms with Crippen LogP contribution in [-0.2, 0) is 5.41 Å². The first-order valence-electron chi connectivity index (χ1n) is 14.9. The SMILES string of the molecule is CC(C)(c1ccccc1)c1ccc2c(c1)oc1c(-c3nc4ccccc4n3-c3ccc(F)c(-c4ccccc4)c3)ccc(F)c12. The number of hydrogen-bond donors (Lipinski definition) is 0. The summed E-state index contributed by atoms with van der Waals surface area (Å²) in [4.78, 5) is 5.02. The Kier molecular flexibility index (Phi) is 6.17. The lowest BCUT2D eigenvalue weighted by Gasteiger charge is -2.26. The van der Waals surface area contributed by atoms with Gasteiger partial charge in [0.15, 0.2) is 0 Å². The van der Waals surface area contributed by atoms with Gasteiger partial charge in [-0.15, -0.1) is 0 Å². The highest BCUT2D eigenvalue weighted by molar-refractivity contribution is 6.10. The number of rotatable bonds is 5. The summed E-state index contributed by atoms with van der Waals surface area (Å²) in [5.41, 5.74) is 7.23. The van der Waals surface area contributed by atoms with E-state index in [1.165, 1.54) is 17.7 Å². The molecule has 2 aromatic heterocycles. The van der Waals surface area contributed by atoms with Gasteiger partial charge in [-0.2, -0.15) is 0 Å². The fourth-order valence-corrected chi connectivity index (χ4v) is 6.38. The van der Waals surface area contributed by atoms with Crippen LogP contribution >= 0.6 is 0 Å². The minimum absolute atomic E-state index is 0.289. The van der Waals surface area contributed by atoms with Crippen LogP contribution in [0.1, 0.15) is 25.0 Å². The second kappa shape index (κ2) is 10.3. The van der Waals surface area contributed by atoms with Gasteiger partial charge in [-0.05, 0) is 65.2 Å². The van der Waals surface area contributed by atoms with Crippen molar-refractivity contribution in [3.05, 3.63) is 156 Å². The van der Waals surface area contributed by atoms with Crippen LogP contribution in [0.25, 0.3) is 61.2 Å². The number of aromatic nitrogens is 2. The summed E-state index contributed by atoms with van der Waals surface area (Å²) in [6, 6.07) is 41.8. The maximum Gasteiger partial charge on any atom is 0.149 e. The zero-order valence-electron chi connectivity index (χ0n) is 24.8. The van der Waals surface area contributed by atoms with Crippen molar-refractivity contribution >= 4 is 33.0 Å². The highest BCUT2D eigenvalue weighted by Gasteiger charge is 2.26. The van der Waals surface area contributed by atoms with Gasteiger partial charge in [-0.25, -0.2) is 13.8 Å². The normalized spacial score (nSPS) is 12.0. The topological polar surface area (TPSA) is 31.0 Å². The Morgan fingerprint density at radius 1 is 0.644 bits per heavy atom. The molecule has 0 N–H and O–H groups in total. The number of hydrogen-bond acceptors (Lipinski definition) is 2. The Hall–Kier alpha value is -5.55. The summed E-state index contributed by atoms with van der Waals surface area (Å²) in [7, 11) is 0. The molecule has 6 aromatic carbocycles. The van der Waals surface area contributed by atoms with E-state index in [0.717, 1.165) is 27.8 Å². The van der Waals surface area contributed by atoms with Crippen LogP contribution in [0.15, 0.2) is 138 Å². The zero-order valence-corrected chi connectivity index (χ0v) is 24.8. The Bertz CT molecular complexity index is 2370. The van der Waals surface area contributed by atoms with Gasteiger partial charge < -0.3 is 4.42 Å². The molecule has 0 unspecified atom stereocenters. The molecule has 45 heavy (non-hydrogen) atoms. The van der Waals surface area contributed by atoms with E-state index >= 15 is 8.78 Å². The van der Waals surface area contributed by atoms with Crippen LogP contribution in [0, 0.1) is 11.6 Å². The van der Waals surface area contributed by atoms with E-state index in [0.29, 0.717) is 38.9 Å². The third-order valence-electron chi connectivity index (χ3n) is 8.88. The van der Waals surface area contributed by atoms with Gasteiger partial charge in [0.1, 0.15) is 28.6 Å². The monoisotopic (exact) mass is 590 g/mol. The maximum atomic E-state index is 15.6. The molecular weight excluding hydrogens is 562 g/mol. The molecule has 0 aliphatic rings. The standard InChI is InChI=1S/C40H28F2N2O/c1-40(2,26-13-7-4-8-14-26)27-17-19-29-36(23-27)45-38-30(20-22-33(42)37(29)38)39-43-34-15-9-10-16-35(34)44(39)28-18-21-32(41)31(24-28)25-11-5-3-6-12-25/h3-24H,1-2H3. The van der Waals surface area contributed by atoms with E-state index in [9.17, 15) is 0 Å². The van der Waals surface area contributed by atoms with Crippen LogP contribution < -0.4 is 0 Å². The summed E-state index contributed by atoms with van der Waals surface area (Å²) in [5.74, 6) is -0.0966. The third kappa shape index (κ3) is 4.34. The van der Waals surface area contributed by atoms with Crippen molar-refractivity contribution in [2.24, 2.45) is 0 Å². The summed E-state index contributed by atoms with van der Waals surface area (Å²) >= 11 is 0. The van der Waals surface area contributed by atoms with Crippen molar-refractivity contribution in [3.63, 3.8) is 0 Å². The number of nitrogens with zero attached hydrogens (tertiary/aromatic N) is 2. The molecule has 0 amide bonds. The fraction of sp³-hybridized carbons (Fsp3) is 0.0750. The minimum Gasteiger partial charge on any atom is -0.455 e. The van der Waals surface area contributed by atoms with Crippen molar-refractivity contribution in [2.45, 2.75) is 19.3 Å². The van der Waals surface area contributed by atoms with Gasteiger partial charge in [0.05, 0.1) is 22.0 Å². The first-order valence-corrected chi connectivity index (χ1v) is 14.9. The molecule has 8 aromatic rings. The molecular formula is C40H28F2N2O. The van der Waals surface area contributed by atoms with Crippen LogP contribution in [-0.4, -0.2) is 9.55 Å². The number of fused-ring (bicyclic) bond motifs is 4. The van der Waals surface area contributed by atoms with Crippen molar-refractivity contribution in [3.8, 4) is 28.2 Å². The summed E-state index contributed by atoms with van der Waals surface area (Å²) in [6.07, 6.45) is 0. The van der Waals surface area contributed by atoms with Crippen LogP contribution in [0.2, 0.25) is 0 Å². The molecule has 218 valence electrons. The molecule has 0 bridgehead atoms. The third-order valence-corrected chi connectivity index (χ3v) is 8.88. The van der Waals surface area contributed by atoms with Gasteiger partial charge in [0.25, 0.3) is 0 Å². The summed E-state index contributed by atoms with van der Waals surface area (Å²) in [6.45, 7) is 4.35. The van der Waals surface area contributed by atoms with Gasteiger partial charge >= 0.3 is 0 Å². The average molecular weight is 591 g/mol. The molecule has 0 aliphatic heterocycles. The van der Waals surface area contributed by atoms with E-state index < -0.39 is 0 Å². The Morgan fingerprint density at radius 2 is 1.36 bits per heavy atom. The van der Waals surface area contributed by atoms with Gasteiger partial charge in [0, 0.05) is 22.1 Å². The van der Waals surface area contributed by atoms with Gasteiger partial charge in [-0.1, -0.05) is 98.8 Å². The first kappa shape index (κ1) is 27.0. The summed E-state index contributed by atoms with van der Waals surface area (Å²) in [5, 5.41) is 1.11. The quantitative estimate of drug-likeness (QED) is 0.200. The molecule has 0 saturated carbocycles. The van der Waals surface area contributed by atoms with E-state index in [1.807, 2.05) is 95.6 Å². The molecule has 0 saturated heterocycles. The fourth-order valence-electron chi connectivity index (χ4n) is 6.38. The second-order valence-corrected chi connectivity index (χ2v) is 11.9. The zero-order chi connectivity index (χ0) is 30.7. The molecule has 8 rings (SSSR count). The van der Waals surface area contributed by atoms with E-state index in [-0.39, 0.29) is 17.0 Å². The van der Waals surface area contributed by atoms with Crippen molar-refractivity contribution < 1.29 is 13.2 Å². The van der Waals surface area contributed by atoms with Crippen LogP contribution in [0.4, 0.5) is 8.78 Å². The first-order chi connectivity index (χ1) is 21.9. The van der Waals surface area contributed by atoms with Crippen molar-refractivity contribution in [1.29, 1.82) is 0 Å². The molecule has 2 heterocycles. The smallest absolute Gasteiger partial charge is 0.149 e. The second-order valence-electron chi connectivity index (χ2n) is 11.9. The largest absolute Gasteiger partial charge is 0.455 e. The highest BCUT2D eigenvalue weighted by atomic mass is 19.1. The minimum atomic E-state index is -0.363.